The third kappa shape index (κ3) is 5.92. The fourth-order valence-electron chi connectivity index (χ4n) is 5.11. The zero-order valence-corrected chi connectivity index (χ0v) is 24.0. The van der Waals surface area contributed by atoms with Gasteiger partial charge in [0.15, 0.2) is 0 Å². The number of carboxylic acids is 1. The van der Waals surface area contributed by atoms with E-state index >= 15 is 0 Å². The molecule has 0 bridgehead atoms. The van der Waals surface area contributed by atoms with Gasteiger partial charge in [0.1, 0.15) is 18.1 Å². The van der Waals surface area contributed by atoms with Crippen LogP contribution in [0.5, 0.6) is 5.75 Å². The van der Waals surface area contributed by atoms with Crippen LogP contribution >= 0.6 is 34.8 Å². The molecule has 204 valence electrons. The first-order valence-electron chi connectivity index (χ1n) is 13.3. The molecule has 2 N–H and O–H groups in total. The summed E-state index contributed by atoms with van der Waals surface area (Å²) < 4.78 is 6.21. The zero-order valence-electron chi connectivity index (χ0n) is 21.7. The fourth-order valence-corrected chi connectivity index (χ4v) is 6.03. The average Bonchev–Trinajstić information content (AvgIpc) is 3.87. The molecule has 3 atom stereocenters. The Bertz CT molecular complexity index is 1380. The van der Waals surface area contributed by atoms with Gasteiger partial charge in [-0.2, -0.15) is 0 Å². The molecule has 2 fully saturated rings. The Balaban J connectivity index is 0.00000151. The standard InChI is InChI=1S/C29H24Cl3NO4.C2H6/c30-23-2-1-3-24(31)26(23)27-22(28(37-33-27)16-6-7-16)14-36-18-10-11-19(25(32)12-18)21-13-20(21)15-4-8-17(9-5-15)29(34)35;1-2/h1-5,8-12,16,20-21,27,33H,6-7,13-14H2,(H,34,35);1-2H3. The van der Waals surface area contributed by atoms with Crippen LogP contribution in [0.4, 0.5) is 0 Å². The second-order valence-electron chi connectivity index (χ2n) is 9.80. The van der Waals surface area contributed by atoms with Crippen LogP contribution in [0.15, 0.2) is 72.0 Å². The van der Waals surface area contributed by atoms with Crippen molar-refractivity contribution in [3.63, 3.8) is 0 Å². The van der Waals surface area contributed by atoms with Crippen molar-refractivity contribution in [2.45, 2.75) is 51.0 Å². The second kappa shape index (κ2) is 11.8. The van der Waals surface area contributed by atoms with Gasteiger partial charge in [0.25, 0.3) is 0 Å². The summed E-state index contributed by atoms with van der Waals surface area (Å²) in [5, 5.41) is 10.9. The number of hydrogen-bond donors (Lipinski definition) is 2. The van der Waals surface area contributed by atoms with Gasteiger partial charge in [-0.1, -0.05) is 72.9 Å². The molecule has 0 amide bonds. The van der Waals surface area contributed by atoms with E-state index in [4.69, 9.17) is 49.5 Å². The minimum atomic E-state index is -0.918. The Morgan fingerprint density at radius 3 is 2.28 bits per heavy atom. The quantitative estimate of drug-likeness (QED) is 0.276. The molecule has 3 aromatic carbocycles. The van der Waals surface area contributed by atoms with Crippen molar-refractivity contribution in [2.24, 2.45) is 5.92 Å². The van der Waals surface area contributed by atoms with Crippen molar-refractivity contribution in [1.29, 1.82) is 0 Å². The monoisotopic (exact) mass is 585 g/mol. The lowest BCUT2D eigenvalue weighted by Gasteiger charge is -2.17. The molecule has 0 aromatic heterocycles. The molecule has 3 unspecified atom stereocenters. The van der Waals surface area contributed by atoms with Crippen LogP contribution in [0.25, 0.3) is 0 Å². The summed E-state index contributed by atoms with van der Waals surface area (Å²) in [5.41, 5.74) is 7.37. The van der Waals surface area contributed by atoms with Gasteiger partial charge in [-0.15, -0.1) is 5.48 Å². The number of allylic oxidation sites excluding steroid dienone is 1. The topological polar surface area (TPSA) is 67.8 Å². The Morgan fingerprint density at radius 1 is 0.974 bits per heavy atom. The number of hydroxylamine groups is 1. The van der Waals surface area contributed by atoms with Crippen LogP contribution in [-0.4, -0.2) is 17.7 Å². The van der Waals surface area contributed by atoms with Crippen molar-refractivity contribution in [3.8, 4) is 5.75 Å². The first-order chi connectivity index (χ1) is 18.9. The summed E-state index contributed by atoms with van der Waals surface area (Å²) in [5.74, 6) is 1.70. The highest BCUT2D eigenvalue weighted by Gasteiger charge is 2.41. The van der Waals surface area contributed by atoms with Crippen molar-refractivity contribution in [1.82, 2.24) is 5.48 Å². The van der Waals surface area contributed by atoms with Gasteiger partial charge in [-0.25, -0.2) is 4.79 Å². The Kier molecular flexibility index (Phi) is 8.43. The van der Waals surface area contributed by atoms with Crippen LogP contribution in [0, 0.1) is 5.92 Å². The Hall–Kier alpha value is -2.70. The number of rotatable bonds is 8. The van der Waals surface area contributed by atoms with Crippen molar-refractivity contribution < 1.29 is 19.5 Å². The van der Waals surface area contributed by atoms with E-state index in [-0.39, 0.29) is 6.04 Å². The molecule has 2 aliphatic carbocycles. The highest BCUT2D eigenvalue weighted by molar-refractivity contribution is 6.36. The largest absolute Gasteiger partial charge is 0.489 e. The number of hydrogen-bond acceptors (Lipinski definition) is 4. The molecule has 3 aliphatic rings. The lowest BCUT2D eigenvalue weighted by atomic mass is 9.98. The number of aromatic carboxylic acids is 1. The van der Waals surface area contributed by atoms with E-state index < -0.39 is 5.97 Å². The van der Waals surface area contributed by atoms with E-state index in [0.29, 0.717) is 50.7 Å². The smallest absolute Gasteiger partial charge is 0.335 e. The molecular formula is C31H30Cl3NO4. The zero-order chi connectivity index (χ0) is 27.7. The summed E-state index contributed by atoms with van der Waals surface area (Å²) in [6.07, 6.45) is 3.16. The van der Waals surface area contributed by atoms with E-state index in [9.17, 15) is 4.79 Å². The predicted molar refractivity (Wildman–Crippen MR) is 155 cm³/mol. The lowest BCUT2D eigenvalue weighted by molar-refractivity contribution is 0.0697. The molecule has 5 nitrogen and oxygen atoms in total. The average molecular weight is 587 g/mol. The van der Waals surface area contributed by atoms with Crippen molar-refractivity contribution in [3.05, 3.63) is 109 Å². The first kappa shape index (κ1) is 27.9. The normalized spacial score (nSPS) is 21.6. The van der Waals surface area contributed by atoms with Gasteiger partial charge >= 0.3 is 5.97 Å². The SMILES string of the molecule is CC.O=C(O)c1ccc(C2CC2c2ccc(OCC3=C(C4CC4)ONC3c3c(Cl)cccc3Cl)cc2Cl)cc1. The van der Waals surface area contributed by atoms with Gasteiger partial charge in [0.05, 0.1) is 11.6 Å². The van der Waals surface area contributed by atoms with Crippen LogP contribution < -0.4 is 10.2 Å². The van der Waals surface area contributed by atoms with Gasteiger partial charge in [0, 0.05) is 32.1 Å². The third-order valence-electron chi connectivity index (χ3n) is 7.33. The molecule has 2 saturated carbocycles. The number of ether oxygens (including phenoxy) is 1. The molecule has 6 rings (SSSR count). The summed E-state index contributed by atoms with van der Waals surface area (Å²) in [7, 11) is 0. The number of halogens is 3. The van der Waals surface area contributed by atoms with Crippen LogP contribution in [0.2, 0.25) is 15.1 Å². The summed E-state index contributed by atoms with van der Waals surface area (Å²) >= 11 is 19.7. The lowest BCUT2D eigenvalue weighted by Crippen LogP contribution is -2.19. The number of nitrogens with one attached hydrogen (secondary N) is 1. The van der Waals surface area contributed by atoms with E-state index in [1.807, 2.05) is 62.4 Å². The molecule has 0 saturated heterocycles. The van der Waals surface area contributed by atoms with E-state index in [1.165, 1.54) is 0 Å². The molecule has 39 heavy (non-hydrogen) atoms. The highest BCUT2D eigenvalue weighted by atomic mass is 35.5. The minimum Gasteiger partial charge on any atom is -0.489 e. The number of carboxylic acid groups (broad SMARTS) is 1. The van der Waals surface area contributed by atoms with E-state index in [1.54, 1.807) is 12.1 Å². The van der Waals surface area contributed by atoms with E-state index in [0.717, 1.165) is 47.3 Å². The molecule has 0 spiro atoms. The predicted octanol–water partition coefficient (Wildman–Crippen LogP) is 8.96. The number of carbonyl (C=O) groups is 1. The third-order valence-corrected chi connectivity index (χ3v) is 8.32. The van der Waals surface area contributed by atoms with Crippen LogP contribution in [-0.2, 0) is 4.84 Å². The van der Waals surface area contributed by atoms with Gasteiger partial charge in [0.2, 0.25) is 0 Å². The van der Waals surface area contributed by atoms with Gasteiger partial charge in [-0.3, -0.25) is 0 Å². The van der Waals surface area contributed by atoms with E-state index in [2.05, 4.69) is 5.48 Å². The Morgan fingerprint density at radius 2 is 1.67 bits per heavy atom. The van der Waals surface area contributed by atoms with Gasteiger partial charge in [-0.05, 0) is 78.6 Å². The maximum absolute atomic E-state index is 11.1. The van der Waals surface area contributed by atoms with Crippen LogP contribution in [0.3, 0.4) is 0 Å². The Labute approximate surface area is 243 Å². The molecule has 8 heteroatoms. The van der Waals surface area contributed by atoms with Gasteiger partial charge < -0.3 is 14.7 Å². The van der Waals surface area contributed by atoms with Crippen molar-refractivity contribution >= 4 is 40.8 Å². The molecule has 0 radical (unpaired) electrons. The maximum Gasteiger partial charge on any atom is 0.335 e. The summed E-state index contributed by atoms with van der Waals surface area (Å²) in [6, 6.07) is 18.1. The van der Waals surface area contributed by atoms with Crippen molar-refractivity contribution in [2.75, 3.05) is 6.61 Å². The summed E-state index contributed by atoms with van der Waals surface area (Å²) in [4.78, 5) is 17.0. The number of benzene rings is 3. The molecule has 1 aliphatic heterocycles. The second-order valence-corrected chi connectivity index (χ2v) is 11.0. The highest BCUT2D eigenvalue weighted by Crippen LogP contribution is 2.56. The molecule has 3 aromatic rings. The molecule has 1 heterocycles. The maximum atomic E-state index is 11.1. The minimum absolute atomic E-state index is 0.286. The fraction of sp³-hybridized carbons (Fsp3) is 0.323. The first-order valence-corrected chi connectivity index (χ1v) is 14.4. The summed E-state index contributed by atoms with van der Waals surface area (Å²) in [6.45, 7) is 4.32. The molecular weight excluding hydrogens is 557 g/mol. The van der Waals surface area contributed by atoms with Crippen LogP contribution in [0.1, 0.15) is 78.0 Å².